The van der Waals surface area contributed by atoms with Crippen molar-refractivity contribution in [1.82, 2.24) is 4.98 Å². The number of alkyl halides is 3. The zero-order chi connectivity index (χ0) is 13.5. The summed E-state index contributed by atoms with van der Waals surface area (Å²) in [5, 5.41) is 0.0956. The van der Waals surface area contributed by atoms with Gasteiger partial charge in [-0.25, -0.2) is 0 Å². The Bertz CT molecular complexity index is 689. The summed E-state index contributed by atoms with van der Waals surface area (Å²) in [6, 6.07) is 3.87. The van der Waals surface area contributed by atoms with Gasteiger partial charge >= 0.3 is 6.18 Å². The molecule has 2 aromatic rings. The highest BCUT2D eigenvalue weighted by molar-refractivity contribution is 5.96. The molecule has 4 nitrogen and oxygen atoms in total. The molecule has 3 N–H and O–H groups in total. The van der Waals surface area contributed by atoms with Crippen LogP contribution in [0, 0.1) is 0 Å². The number of rotatable bonds is 1. The van der Waals surface area contributed by atoms with Crippen LogP contribution in [0.4, 0.5) is 13.2 Å². The molecule has 94 valence electrons. The number of aromatic nitrogens is 1. The molecule has 0 aliphatic carbocycles. The van der Waals surface area contributed by atoms with E-state index in [9.17, 15) is 22.8 Å². The van der Waals surface area contributed by atoms with Crippen molar-refractivity contribution in [3.05, 3.63) is 45.7 Å². The summed E-state index contributed by atoms with van der Waals surface area (Å²) < 4.78 is 37.5. The van der Waals surface area contributed by atoms with Gasteiger partial charge in [-0.15, -0.1) is 0 Å². The van der Waals surface area contributed by atoms with Gasteiger partial charge in [-0.2, -0.15) is 13.2 Å². The number of fused-ring (bicyclic) bond motifs is 1. The van der Waals surface area contributed by atoms with E-state index in [2.05, 4.69) is 4.98 Å². The third-order valence-electron chi connectivity index (χ3n) is 2.44. The number of nitrogens with two attached hydrogens (primary N) is 1. The van der Waals surface area contributed by atoms with E-state index in [0.717, 1.165) is 24.3 Å². The Morgan fingerprint density at radius 2 is 1.89 bits per heavy atom. The summed E-state index contributed by atoms with van der Waals surface area (Å²) in [7, 11) is 0. The van der Waals surface area contributed by atoms with Crippen LogP contribution in [0.5, 0.6) is 0 Å². The molecule has 1 aromatic carbocycles. The fourth-order valence-electron chi connectivity index (χ4n) is 1.57. The lowest BCUT2D eigenvalue weighted by atomic mass is 10.1. The largest absolute Gasteiger partial charge is 0.416 e. The van der Waals surface area contributed by atoms with Crippen molar-refractivity contribution < 1.29 is 18.0 Å². The lowest BCUT2D eigenvalue weighted by Gasteiger charge is -2.07. The van der Waals surface area contributed by atoms with Crippen LogP contribution in [0.3, 0.4) is 0 Å². The minimum Gasteiger partial charge on any atom is -0.365 e. The third kappa shape index (κ3) is 2.06. The molecule has 2 rings (SSSR count). The molecule has 0 spiro atoms. The van der Waals surface area contributed by atoms with Crippen LogP contribution in [0.25, 0.3) is 10.9 Å². The number of primary amides is 1. The number of pyridine rings is 1. The summed E-state index contributed by atoms with van der Waals surface area (Å²) in [5.74, 6) is -0.990. The zero-order valence-electron chi connectivity index (χ0n) is 8.84. The van der Waals surface area contributed by atoms with Crippen LogP contribution in [0.1, 0.15) is 15.9 Å². The fourth-order valence-corrected chi connectivity index (χ4v) is 1.57. The van der Waals surface area contributed by atoms with Crippen LogP contribution < -0.4 is 11.3 Å². The van der Waals surface area contributed by atoms with Crippen molar-refractivity contribution in [3.63, 3.8) is 0 Å². The first-order chi connectivity index (χ1) is 8.29. The minimum absolute atomic E-state index is 0.0956. The lowest BCUT2D eigenvalue weighted by molar-refractivity contribution is -0.137. The Labute approximate surface area is 98.2 Å². The maximum atomic E-state index is 12.5. The number of nitrogens with one attached hydrogen (secondary N) is 1. The van der Waals surface area contributed by atoms with E-state index in [1.165, 1.54) is 0 Å². The first-order valence-corrected chi connectivity index (χ1v) is 4.83. The molecule has 0 aliphatic heterocycles. The molecule has 0 aliphatic rings. The van der Waals surface area contributed by atoms with E-state index in [4.69, 9.17) is 5.73 Å². The number of carbonyl (C=O) groups is 1. The highest BCUT2D eigenvalue weighted by atomic mass is 19.4. The number of H-pyrrole nitrogens is 1. The lowest BCUT2D eigenvalue weighted by Crippen LogP contribution is -2.23. The predicted molar refractivity (Wildman–Crippen MR) is 58.1 cm³/mol. The summed E-state index contributed by atoms with van der Waals surface area (Å²) in [5.41, 5.74) is 3.19. The second kappa shape index (κ2) is 3.86. The Morgan fingerprint density at radius 3 is 2.44 bits per heavy atom. The Morgan fingerprint density at radius 1 is 1.22 bits per heavy atom. The minimum atomic E-state index is -4.49. The molecular weight excluding hydrogens is 249 g/mol. The molecule has 1 aromatic heterocycles. The quantitative estimate of drug-likeness (QED) is 0.813. The van der Waals surface area contributed by atoms with Crippen molar-refractivity contribution in [3.8, 4) is 0 Å². The molecule has 0 unspecified atom stereocenters. The topological polar surface area (TPSA) is 76.0 Å². The first-order valence-electron chi connectivity index (χ1n) is 4.83. The van der Waals surface area contributed by atoms with Crippen molar-refractivity contribution >= 4 is 16.8 Å². The molecule has 0 saturated heterocycles. The molecule has 18 heavy (non-hydrogen) atoms. The Kier molecular flexibility index (Phi) is 2.61. The van der Waals surface area contributed by atoms with E-state index in [1.807, 2.05) is 0 Å². The number of amides is 1. The summed E-state index contributed by atoms with van der Waals surface area (Å²) in [4.78, 5) is 24.6. The third-order valence-corrected chi connectivity index (χ3v) is 2.44. The monoisotopic (exact) mass is 256 g/mol. The smallest absolute Gasteiger partial charge is 0.365 e. The maximum absolute atomic E-state index is 12.5. The molecule has 0 atom stereocenters. The first kappa shape index (κ1) is 12.2. The van der Waals surface area contributed by atoms with Crippen LogP contribution in [0.2, 0.25) is 0 Å². The highest BCUT2D eigenvalue weighted by Crippen LogP contribution is 2.30. The van der Waals surface area contributed by atoms with E-state index in [1.54, 1.807) is 0 Å². The van der Waals surface area contributed by atoms with Crippen LogP contribution in [-0.4, -0.2) is 10.9 Å². The SMILES string of the molecule is NC(=O)c1cc2cc(C(F)(F)F)ccc2[nH]c1=O. The van der Waals surface area contributed by atoms with Gasteiger partial charge in [-0.05, 0) is 29.7 Å². The van der Waals surface area contributed by atoms with E-state index in [0.29, 0.717) is 0 Å². The van der Waals surface area contributed by atoms with Gasteiger partial charge in [-0.3, -0.25) is 9.59 Å². The van der Waals surface area contributed by atoms with Crippen LogP contribution in [0.15, 0.2) is 29.1 Å². The predicted octanol–water partition coefficient (Wildman–Crippen LogP) is 1.65. The number of hydrogen-bond acceptors (Lipinski definition) is 2. The van der Waals surface area contributed by atoms with Gasteiger partial charge in [0.15, 0.2) is 0 Å². The molecule has 0 radical (unpaired) electrons. The molecular formula is C11H7F3N2O2. The number of carbonyl (C=O) groups excluding carboxylic acids is 1. The maximum Gasteiger partial charge on any atom is 0.416 e. The van der Waals surface area contributed by atoms with Crippen molar-refractivity contribution in [2.45, 2.75) is 6.18 Å². The summed E-state index contributed by atoms with van der Waals surface area (Å²) in [6.07, 6.45) is -4.49. The molecule has 1 heterocycles. The Balaban J connectivity index is 2.73. The molecule has 0 bridgehead atoms. The van der Waals surface area contributed by atoms with Gasteiger partial charge in [0.2, 0.25) is 0 Å². The van der Waals surface area contributed by atoms with E-state index in [-0.39, 0.29) is 16.5 Å². The summed E-state index contributed by atoms with van der Waals surface area (Å²) in [6.45, 7) is 0. The standard InChI is InChI=1S/C11H7F3N2O2/c12-11(13,14)6-1-2-8-5(3-6)4-7(9(15)17)10(18)16-8/h1-4H,(H2,15,17)(H,16,18). The van der Waals surface area contributed by atoms with Crippen molar-refractivity contribution in [2.75, 3.05) is 0 Å². The molecule has 7 heteroatoms. The number of hydrogen-bond donors (Lipinski definition) is 2. The second-order valence-electron chi connectivity index (χ2n) is 3.68. The average molecular weight is 256 g/mol. The fraction of sp³-hybridized carbons (Fsp3) is 0.0909. The van der Waals surface area contributed by atoms with Gasteiger partial charge in [0, 0.05) is 5.52 Å². The zero-order valence-corrected chi connectivity index (χ0v) is 8.84. The van der Waals surface area contributed by atoms with Gasteiger partial charge in [0.1, 0.15) is 5.56 Å². The average Bonchev–Trinajstić information content (AvgIpc) is 2.25. The number of benzene rings is 1. The Hall–Kier alpha value is -2.31. The van der Waals surface area contributed by atoms with Gasteiger partial charge < -0.3 is 10.7 Å². The normalized spacial score (nSPS) is 11.7. The van der Waals surface area contributed by atoms with Gasteiger partial charge in [-0.1, -0.05) is 0 Å². The van der Waals surface area contributed by atoms with Gasteiger partial charge in [0.05, 0.1) is 5.56 Å². The number of aromatic amines is 1. The molecule has 1 amide bonds. The number of halogens is 3. The van der Waals surface area contributed by atoms with Crippen molar-refractivity contribution in [1.29, 1.82) is 0 Å². The van der Waals surface area contributed by atoms with E-state index < -0.39 is 23.2 Å². The van der Waals surface area contributed by atoms with Gasteiger partial charge in [0.25, 0.3) is 11.5 Å². The summed E-state index contributed by atoms with van der Waals surface area (Å²) >= 11 is 0. The van der Waals surface area contributed by atoms with E-state index >= 15 is 0 Å². The van der Waals surface area contributed by atoms with Crippen molar-refractivity contribution in [2.24, 2.45) is 5.73 Å². The van der Waals surface area contributed by atoms with Crippen LogP contribution >= 0.6 is 0 Å². The second-order valence-corrected chi connectivity index (χ2v) is 3.68. The molecule has 0 saturated carbocycles. The highest BCUT2D eigenvalue weighted by Gasteiger charge is 2.30. The molecule has 0 fully saturated rings. The van der Waals surface area contributed by atoms with Crippen LogP contribution in [-0.2, 0) is 6.18 Å².